The van der Waals surface area contributed by atoms with E-state index in [2.05, 4.69) is 10.6 Å². The van der Waals surface area contributed by atoms with Crippen molar-refractivity contribution in [3.05, 3.63) is 35.9 Å². The van der Waals surface area contributed by atoms with Crippen LogP contribution in [-0.2, 0) is 14.3 Å². The molecule has 1 rings (SSSR count). The lowest BCUT2D eigenvalue weighted by Gasteiger charge is -2.18. The average molecular weight is 278 g/mol. The maximum Gasteiger partial charge on any atom is 0.321 e. The first kappa shape index (κ1) is 15.7. The molecule has 3 amide bonds. The minimum atomic E-state index is -1.15. The second kappa shape index (κ2) is 7.28. The van der Waals surface area contributed by atoms with Crippen LogP contribution < -0.4 is 10.6 Å². The Kier molecular flexibility index (Phi) is 5.71. The van der Waals surface area contributed by atoms with Crippen LogP contribution >= 0.6 is 0 Å². The molecule has 1 unspecified atom stereocenters. The average Bonchev–Trinajstić information content (AvgIpc) is 2.44. The van der Waals surface area contributed by atoms with E-state index in [4.69, 9.17) is 4.74 Å². The molecule has 0 fully saturated rings. The van der Waals surface area contributed by atoms with E-state index in [0.29, 0.717) is 5.56 Å². The predicted molar refractivity (Wildman–Crippen MR) is 72.7 cm³/mol. The van der Waals surface area contributed by atoms with Crippen LogP contribution in [0, 0.1) is 5.92 Å². The quantitative estimate of drug-likeness (QED) is 0.815. The highest BCUT2D eigenvalue weighted by Crippen LogP contribution is 2.19. The summed E-state index contributed by atoms with van der Waals surface area (Å²) < 4.78 is 5.17. The van der Waals surface area contributed by atoms with Gasteiger partial charge in [-0.25, -0.2) is 4.79 Å². The zero-order valence-corrected chi connectivity index (χ0v) is 11.7. The maximum absolute atomic E-state index is 12.0. The molecular formula is C14H18N2O4. The van der Waals surface area contributed by atoms with E-state index in [-0.39, 0.29) is 5.92 Å². The van der Waals surface area contributed by atoms with Crippen LogP contribution in [0.4, 0.5) is 4.79 Å². The van der Waals surface area contributed by atoms with Gasteiger partial charge in [-0.1, -0.05) is 44.2 Å². The van der Waals surface area contributed by atoms with Gasteiger partial charge in [0.15, 0.2) is 0 Å². The van der Waals surface area contributed by atoms with Crippen molar-refractivity contribution < 1.29 is 19.1 Å². The fourth-order valence-electron chi connectivity index (χ4n) is 1.39. The molecule has 0 saturated heterocycles. The normalized spacial score (nSPS) is 11.6. The summed E-state index contributed by atoms with van der Waals surface area (Å²) in [5.74, 6) is -1.57. The number of amides is 3. The SMILES string of the molecule is CNC(=O)NC(=O)C(OC(=O)C(C)C)c1ccccc1. The summed E-state index contributed by atoms with van der Waals surface area (Å²) in [6.45, 7) is 3.34. The molecule has 1 atom stereocenters. The molecule has 1 aromatic rings. The second-order valence-corrected chi connectivity index (χ2v) is 4.45. The smallest absolute Gasteiger partial charge is 0.321 e. The first-order valence-electron chi connectivity index (χ1n) is 6.23. The van der Waals surface area contributed by atoms with E-state index in [0.717, 1.165) is 0 Å². The lowest BCUT2D eigenvalue weighted by atomic mass is 10.1. The summed E-state index contributed by atoms with van der Waals surface area (Å²) in [5.41, 5.74) is 0.503. The van der Waals surface area contributed by atoms with E-state index >= 15 is 0 Å². The fourth-order valence-corrected chi connectivity index (χ4v) is 1.39. The van der Waals surface area contributed by atoms with Gasteiger partial charge in [0, 0.05) is 12.6 Å². The summed E-state index contributed by atoms with van der Waals surface area (Å²) in [5, 5.41) is 4.37. The molecule has 0 spiro atoms. The van der Waals surface area contributed by atoms with E-state index < -0.39 is 24.0 Å². The summed E-state index contributed by atoms with van der Waals surface area (Å²) >= 11 is 0. The molecule has 6 nitrogen and oxygen atoms in total. The number of esters is 1. The molecular weight excluding hydrogens is 260 g/mol. The highest BCUT2D eigenvalue weighted by molar-refractivity contribution is 5.97. The highest BCUT2D eigenvalue weighted by Gasteiger charge is 2.27. The third kappa shape index (κ3) is 4.38. The van der Waals surface area contributed by atoms with Gasteiger partial charge < -0.3 is 10.1 Å². The Morgan fingerprint density at radius 1 is 1.10 bits per heavy atom. The number of ether oxygens (including phenoxy) is 1. The number of rotatable bonds is 4. The molecule has 1 aromatic carbocycles. The first-order valence-corrected chi connectivity index (χ1v) is 6.23. The van der Waals surface area contributed by atoms with Crippen molar-refractivity contribution >= 4 is 17.9 Å². The molecule has 20 heavy (non-hydrogen) atoms. The topological polar surface area (TPSA) is 84.5 Å². The molecule has 0 heterocycles. The van der Waals surface area contributed by atoms with Crippen molar-refractivity contribution in [3.8, 4) is 0 Å². The summed E-state index contributed by atoms with van der Waals surface area (Å²) in [6.07, 6.45) is -1.15. The van der Waals surface area contributed by atoms with E-state index in [1.165, 1.54) is 7.05 Å². The molecule has 0 aliphatic carbocycles. The number of carbonyl (C=O) groups excluding carboxylic acids is 3. The zero-order valence-electron chi connectivity index (χ0n) is 11.7. The van der Waals surface area contributed by atoms with Gasteiger partial charge in [0.1, 0.15) is 0 Å². The van der Waals surface area contributed by atoms with Crippen molar-refractivity contribution in [1.82, 2.24) is 10.6 Å². The van der Waals surface area contributed by atoms with Gasteiger partial charge in [-0.15, -0.1) is 0 Å². The fraction of sp³-hybridized carbons (Fsp3) is 0.357. The van der Waals surface area contributed by atoms with E-state index in [1.54, 1.807) is 44.2 Å². The summed E-state index contributed by atoms with van der Waals surface area (Å²) in [6, 6.07) is 7.87. The van der Waals surface area contributed by atoms with Crippen molar-refractivity contribution in [2.24, 2.45) is 5.92 Å². The summed E-state index contributed by atoms with van der Waals surface area (Å²) in [7, 11) is 1.39. The van der Waals surface area contributed by atoms with Crippen LogP contribution in [0.25, 0.3) is 0 Å². The van der Waals surface area contributed by atoms with Crippen LogP contribution in [0.1, 0.15) is 25.5 Å². The Morgan fingerprint density at radius 2 is 1.70 bits per heavy atom. The Morgan fingerprint density at radius 3 is 2.20 bits per heavy atom. The summed E-state index contributed by atoms with van der Waals surface area (Å²) in [4.78, 5) is 34.9. The number of benzene rings is 1. The van der Waals surface area contributed by atoms with Crippen LogP contribution in [0.3, 0.4) is 0 Å². The highest BCUT2D eigenvalue weighted by atomic mass is 16.5. The van der Waals surface area contributed by atoms with E-state index in [1.807, 2.05) is 0 Å². The molecule has 0 aliphatic heterocycles. The van der Waals surface area contributed by atoms with Crippen LogP contribution in [0.15, 0.2) is 30.3 Å². The first-order chi connectivity index (χ1) is 9.45. The third-order valence-electron chi connectivity index (χ3n) is 2.51. The second-order valence-electron chi connectivity index (χ2n) is 4.45. The van der Waals surface area contributed by atoms with Crippen LogP contribution in [-0.4, -0.2) is 25.0 Å². The minimum absolute atomic E-state index is 0.367. The van der Waals surface area contributed by atoms with Crippen LogP contribution in [0.5, 0.6) is 0 Å². The van der Waals surface area contributed by atoms with Gasteiger partial charge >= 0.3 is 12.0 Å². The molecule has 0 bridgehead atoms. The molecule has 2 N–H and O–H groups in total. The van der Waals surface area contributed by atoms with Gasteiger partial charge in [-0.05, 0) is 0 Å². The Hall–Kier alpha value is -2.37. The largest absolute Gasteiger partial charge is 0.447 e. The Labute approximate surface area is 117 Å². The molecule has 0 aromatic heterocycles. The number of carbonyl (C=O) groups is 3. The zero-order chi connectivity index (χ0) is 15.1. The van der Waals surface area contributed by atoms with Crippen LogP contribution in [0.2, 0.25) is 0 Å². The number of nitrogens with one attached hydrogen (secondary N) is 2. The van der Waals surface area contributed by atoms with Crippen molar-refractivity contribution in [2.45, 2.75) is 20.0 Å². The Bertz CT molecular complexity index is 485. The minimum Gasteiger partial charge on any atom is -0.447 e. The molecule has 6 heteroatoms. The van der Waals surface area contributed by atoms with Gasteiger partial charge in [-0.3, -0.25) is 14.9 Å². The standard InChI is InChI=1S/C14H18N2O4/c1-9(2)13(18)20-11(10-7-5-4-6-8-10)12(17)16-14(19)15-3/h4-9,11H,1-3H3,(H2,15,16,17,19). The van der Waals surface area contributed by atoms with Gasteiger partial charge in [0.25, 0.3) is 5.91 Å². The van der Waals surface area contributed by atoms with Gasteiger partial charge in [-0.2, -0.15) is 0 Å². The number of hydrogen-bond donors (Lipinski definition) is 2. The monoisotopic (exact) mass is 278 g/mol. The van der Waals surface area contributed by atoms with Gasteiger partial charge in [0.05, 0.1) is 5.92 Å². The molecule has 0 aliphatic rings. The maximum atomic E-state index is 12.0. The lowest BCUT2D eigenvalue weighted by molar-refractivity contribution is -0.159. The Balaban J connectivity index is 2.93. The van der Waals surface area contributed by atoms with E-state index in [9.17, 15) is 14.4 Å². The van der Waals surface area contributed by atoms with Crippen molar-refractivity contribution in [2.75, 3.05) is 7.05 Å². The number of imide groups is 1. The molecule has 108 valence electrons. The number of hydrogen-bond acceptors (Lipinski definition) is 4. The van der Waals surface area contributed by atoms with Crippen molar-refractivity contribution in [3.63, 3.8) is 0 Å². The lowest BCUT2D eigenvalue weighted by Crippen LogP contribution is -2.41. The molecule has 0 saturated carbocycles. The molecule has 0 radical (unpaired) electrons. The number of urea groups is 1. The third-order valence-corrected chi connectivity index (χ3v) is 2.51. The predicted octanol–water partition coefficient (Wildman–Crippen LogP) is 1.38. The van der Waals surface area contributed by atoms with Gasteiger partial charge in [0.2, 0.25) is 6.10 Å². The van der Waals surface area contributed by atoms with Crippen molar-refractivity contribution in [1.29, 1.82) is 0 Å².